The van der Waals surface area contributed by atoms with E-state index in [2.05, 4.69) is 73.3 Å². The molecular weight excluding hydrogens is 580 g/mol. The van der Waals surface area contributed by atoms with Gasteiger partial charge in [0, 0.05) is 33.8 Å². The van der Waals surface area contributed by atoms with Gasteiger partial charge in [-0.05, 0) is 69.8 Å². The second kappa shape index (κ2) is 10.4. The molecule has 0 aliphatic heterocycles. The van der Waals surface area contributed by atoms with Crippen molar-refractivity contribution in [3.8, 4) is 0 Å². The highest BCUT2D eigenvalue weighted by Crippen LogP contribution is 2.46. The Morgan fingerprint density at radius 3 is 2.24 bits per heavy atom. The Hall–Kier alpha value is -1.81. The average molecular weight is 611 g/mol. The molecule has 1 heterocycles. The fourth-order valence-electron chi connectivity index (χ4n) is 3.12. The lowest BCUT2D eigenvalue weighted by atomic mass is 10.0. The molecule has 0 fully saturated rings. The van der Waals surface area contributed by atoms with Crippen molar-refractivity contribution in [2.75, 3.05) is 10.6 Å². The van der Waals surface area contributed by atoms with E-state index in [0.717, 1.165) is 17.5 Å². The first kappa shape index (κ1) is 26.8. The van der Waals surface area contributed by atoms with E-state index in [1.165, 1.54) is 5.56 Å². The van der Waals surface area contributed by atoms with Crippen molar-refractivity contribution in [1.29, 1.82) is 0 Å². The molecule has 3 N–H and O–H groups in total. The van der Waals surface area contributed by atoms with Crippen molar-refractivity contribution in [3.05, 3.63) is 65.9 Å². The quantitative estimate of drug-likeness (QED) is 0.196. The van der Waals surface area contributed by atoms with E-state index in [1.807, 2.05) is 39.8 Å². The number of anilines is 4. The summed E-state index contributed by atoms with van der Waals surface area (Å²) in [6.45, 7) is 11.8. The van der Waals surface area contributed by atoms with Crippen molar-refractivity contribution >= 4 is 61.4 Å². The maximum atomic E-state index is 12.7. The minimum atomic E-state index is -3.64. The summed E-state index contributed by atoms with van der Waals surface area (Å²) in [5.74, 6) is 1.05. The molecule has 34 heavy (non-hydrogen) atoms. The third-order valence-corrected chi connectivity index (χ3v) is 11.5. The van der Waals surface area contributed by atoms with Gasteiger partial charge in [-0.1, -0.05) is 54.1 Å². The van der Waals surface area contributed by atoms with Gasteiger partial charge in [0.15, 0.2) is 0 Å². The van der Waals surface area contributed by atoms with Crippen molar-refractivity contribution in [2.24, 2.45) is 0 Å². The number of halogens is 1. The highest BCUT2D eigenvalue weighted by atomic mass is 127. The first-order chi connectivity index (χ1) is 15.8. The monoisotopic (exact) mass is 611 g/mol. The van der Waals surface area contributed by atoms with Gasteiger partial charge in [0.05, 0.1) is 4.90 Å². The fraction of sp³-hybridized carbons (Fsp3) is 0.333. The molecule has 0 aliphatic carbocycles. The number of hydrogen-bond donors (Lipinski definition) is 3. The third-order valence-electron chi connectivity index (χ3n) is 4.92. The van der Waals surface area contributed by atoms with E-state index in [4.69, 9.17) is 0 Å². The zero-order chi connectivity index (χ0) is 25.1. The largest absolute Gasteiger partial charge is 0.340 e. The summed E-state index contributed by atoms with van der Waals surface area (Å²) < 4.78 is 28.1. The van der Waals surface area contributed by atoms with Crippen LogP contribution in [0.2, 0.25) is 0 Å². The topological polar surface area (TPSA) is 96.0 Å². The normalized spacial score (nSPS) is 12.8. The maximum Gasteiger partial charge on any atom is 0.241 e. The smallest absolute Gasteiger partial charge is 0.241 e. The van der Waals surface area contributed by atoms with Crippen LogP contribution in [0.25, 0.3) is 0 Å². The van der Waals surface area contributed by atoms with Gasteiger partial charge in [-0.15, -0.1) is 0 Å². The summed E-state index contributed by atoms with van der Waals surface area (Å²) in [5, 5.41) is 6.61. The predicted molar refractivity (Wildman–Crippen MR) is 152 cm³/mol. The fourth-order valence-corrected chi connectivity index (χ4v) is 5.80. The molecule has 0 saturated carbocycles. The number of nitrogens with zero attached hydrogens (tertiary/aromatic N) is 2. The minimum Gasteiger partial charge on any atom is -0.340 e. The number of sulfonamides is 1. The van der Waals surface area contributed by atoms with E-state index in [1.54, 1.807) is 30.5 Å². The Morgan fingerprint density at radius 1 is 0.941 bits per heavy atom. The molecule has 0 bridgehead atoms. The van der Waals surface area contributed by atoms with Crippen LogP contribution in [-0.2, 0) is 15.2 Å². The number of benzene rings is 2. The van der Waals surface area contributed by atoms with Crippen LogP contribution in [0.15, 0.2) is 59.6 Å². The van der Waals surface area contributed by atoms with Crippen LogP contribution in [0.5, 0.6) is 0 Å². The van der Waals surface area contributed by atoms with Gasteiger partial charge in [-0.2, -0.15) is 4.98 Å². The molecular formula is C24H31IN5O2PS. The van der Waals surface area contributed by atoms with Gasteiger partial charge in [-0.3, -0.25) is 0 Å². The summed E-state index contributed by atoms with van der Waals surface area (Å²) in [7, 11) is -3.64. The second-order valence-corrected chi connectivity index (χ2v) is 14.4. The zero-order valence-corrected chi connectivity index (χ0v) is 24.2. The SMILES string of the molecule is Cc1cnc(Nc2ccc(C(C)(C)PI)cc2)nc1Nc1cccc(S(=O)(=O)NC(C)(C)C)c1. The zero-order valence-electron chi connectivity index (χ0n) is 20.2. The van der Waals surface area contributed by atoms with Crippen LogP contribution in [0.4, 0.5) is 23.1 Å². The lowest BCUT2D eigenvalue weighted by Crippen LogP contribution is -2.40. The molecule has 0 radical (unpaired) electrons. The molecule has 3 rings (SSSR count). The van der Waals surface area contributed by atoms with E-state index in [-0.39, 0.29) is 10.1 Å². The number of aryl methyl sites for hydroxylation is 1. The van der Waals surface area contributed by atoms with Crippen LogP contribution >= 0.6 is 28.3 Å². The Morgan fingerprint density at radius 2 is 1.62 bits per heavy atom. The van der Waals surface area contributed by atoms with Crippen molar-refractivity contribution < 1.29 is 8.42 Å². The van der Waals surface area contributed by atoms with Crippen molar-refractivity contribution in [2.45, 2.75) is 57.1 Å². The second-order valence-electron chi connectivity index (χ2n) is 9.66. The van der Waals surface area contributed by atoms with Gasteiger partial charge in [-0.25, -0.2) is 18.1 Å². The molecule has 1 aromatic heterocycles. The summed E-state index contributed by atoms with van der Waals surface area (Å²) in [5.41, 5.74) is 3.07. The first-order valence-electron chi connectivity index (χ1n) is 10.8. The third kappa shape index (κ3) is 7.10. The van der Waals surface area contributed by atoms with E-state index in [0.29, 0.717) is 17.5 Å². The standard InChI is InChI=1S/C24H31IN5O2PS/c1-16-15-26-22(28-18-12-10-17(11-13-18)24(5,6)33-25)29-21(16)27-19-8-7-9-20(14-19)34(31,32)30-23(2,3)4/h7-15,30,33H,1-6H3,(H2,26,27,28,29). The number of hydrogen-bond acceptors (Lipinski definition) is 6. The van der Waals surface area contributed by atoms with E-state index < -0.39 is 15.6 Å². The summed E-state index contributed by atoms with van der Waals surface area (Å²) in [6.07, 6.45) is 2.51. The average Bonchev–Trinajstić information content (AvgIpc) is 2.75. The van der Waals surface area contributed by atoms with Crippen LogP contribution in [0, 0.1) is 6.92 Å². The lowest BCUT2D eigenvalue weighted by molar-refractivity contribution is 0.491. The summed E-state index contributed by atoms with van der Waals surface area (Å²) in [6, 6.07) is 15.0. The van der Waals surface area contributed by atoms with E-state index >= 15 is 0 Å². The van der Waals surface area contributed by atoms with E-state index in [9.17, 15) is 8.42 Å². The molecule has 3 aromatic rings. The number of rotatable bonds is 8. The summed E-state index contributed by atoms with van der Waals surface area (Å²) >= 11 is 2.44. The molecule has 0 aliphatic rings. The van der Waals surface area contributed by atoms with Crippen molar-refractivity contribution in [1.82, 2.24) is 14.7 Å². The van der Waals surface area contributed by atoms with Gasteiger partial charge in [0.25, 0.3) is 0 Å². The number of nitrogens with one attached hydrogen (secondary N) is 3. The minimum absolute atomic E-state index is 0.140. The molecule has 0 saturated heterocycles. The molecule has 0 spiro atoms. The molecule has 10 heteroatoms. The molecule has 2 aromatic carbocycles. The lowest BCUT2D eigenvalue weighted by Gasteiger charge is -2.22. The van der Waals surface area contributed by atoms with Gasteiger partial charge in [0.1, 0.15) is 5.82 Å². The molecule has 7 nitrogen and oxygen atoms in total. The van der Waals surface area contributed by atoms with Gasteiger partial charge < -0.3 is 10.6 Å². The number of aromatic nitrogens is 2. The van der Waals surface area contributed by atoms with Gasteiger partial charge >= 0.3 is 0 Å². The maximum absolute atomic E-state index is 12.7. The highest BCUT2D eigenvalue weighted by molar-refractivity contribution is 14.2. The Bertz CT molecular complexity index is 1260. The van der Waals surface area contributed by atoms with Crippen LogP contribution in [0.1, 0.15) is 45.7 Å². The molecule has 1 atom stereocenters. The molecule has 182 valence electrons. The Labute approximate surface area is 217 Å². The Balaban J connectivity index is 1.80. The van der Waals surface area contributed by atoms with Crippen LogP contribution < -0.4 is 15.4 Å². The first-order valence-corrected chi connectivity index (χ1v) is 16.4. The molecule has 1 unspecified atom stereocenters. The van der Waals surface area contributed by atoms with Gasteiger partial charge in [0.2, 0.25) is 16.0 Å². The summed E-state index contributed by atoms with van der Waals surface area (Å²) in [4.78, 5) is 9.18. The predicted octanol–water partition coefficient (Wildman–Crippen LogP) is 6.61. The molecule has 0 amide bonds. The van der Waals surface area contributed by atoms with Crippen LogP contribution in [0.3, 0.4) is 0 Å². The van der Waals surface area contributed by atoms with Crippen LogP contribution in [-0.4, -0.2) is 23.9 Å². The highest BCUT2D eigenvalue weighted by Gasteiger charge is 2.22. The Kier molecular flexibility index (Phi) is 8.22. The van der Waals surface area contributed by atoms with Crippen molar-refractivity contribution in [3.63, 3.8) is 0 Å².